The lowest BCUT2D eigenvalue weighted by molar-refractivity contribution is 0.366. The molecule has 0 spiro atoms. The first-order chi connectivity index (χ1) is 9.06. The Kier molecular flexibility index (Phi) is 3.68. The Morgan fingerprint density at radius 2 is 2.26 bits per heavy atom. The number of fused-ring (bicyclic) bond motifs is 1. The molecule has 3 rings (SSSR count). The quantitative estimate of drug-likeness (QED) is 0.573. The van der Waals surface area contributed by atoms with Crippen molar-refractivity contribution >= 4 is 45.8 Å². The van der Waals surface area contributed by atoms with Crippen LogP contribution in [0.15, 0.2) is 12.1 Å². The largest absolute Gasteiger partial charge is 0.331 e. The van der Waals surface area contributed by atoms with Gasteiger partial charge in [0.1, 0.15) is 5.82 Å². The van der Waals surface area contributed by atoms with Crippen LogP contribution in [0.1, 0.15) is 26.2 Å². The zero-order chi connectivity index (χ0) is 13.6. The monoisotopic (exact) mass is 390 g/mol. The molecule has 2 unspecified atom stereocenters. The standard InChI is InChI=1S/C14H16FIN2S/c1-8-3-2-4-9(8)7-18-13-5-10(15)11(16)6-12(13)17-14(18)19/h5-6,8-9H,2-4,7H2,1H3,(H,17,19). The fourth-order valence-electron chi connectivity index (χ4n) is 3.06. The highest BCUT2D eigenvalue weighted by Gasteiger charge is 2.24. The maximum atomic E-state index is 13.8. The van der Waals surface area contributed by atoms with Crippen molar-refractivity contribution in [3.63, 3.8) is 0 Å². The van der Waals surface area contributed by atoms with Crippen molar-refractivity contribution in [2.24, 2.45) is 11.8 Å². The molecule has 5 heteroatoms. The number of H-pyrrole nitrogens is 1. The number of benzene rings is 1. The van der Waals surface area contributed by atoms with Gasteiger partial charge in [0.25, 0.3) is 0 Å². The van der Waals surface area contributed by atoms with Gasteiger partial charge in [-0.3, -0.25) is 0 Å². The predicted molar refractivity (Wildman–Crippen MR) is 86.3 cm³/mol. The molecule has 2 aromatic rings. The van der Waals surface area contributed by atoms with E-state index >= 15 is 0 Å². The lowest BCUT2D eigenvalue weighted by atomic mass is 9.98. The van der Waals surface area contributed by atoms with Gasteiger partial charge in [0, 0.05) is 12.6 Å². The Hall–Kier alpha value is -0.430. The second-order valence-corrected chi connectivity index (χ2v) is 7.04. The van der Waals surface area contributed by atoms with Gasteiger partial charge in [0.05, 0.1) is 14.6 Å². The topological polar surface area (TPSA) is 20.7 Å². The van der Waals surface area contributed by atoms with Crippen LogP contribution in [0, 0.1) is 26.0 Å². The molecule has 1 fully saturated rings. The first-order valence-corrected chi connectivity index (χ1v) is 8.12. The number of nitrogens with zero attached hydrogens (tertiary/aromatic N) is 1. The number of imidazole rings is 1. The van der Waals surface area contributed by atoms with Crippen LogP contribution in [-0.2, 0) is 6.54 Å². The van der Waals surface area contributed by atoms with E-state index < -0.39 is 0 Å². The van der Waals surface area contributed by atoms with E-state index in [1.807, 2.05) is 28.7 Å². The average Bonchev–Trinajstić information content (AvgIpc) is 2.88. The van der Waals surface area contributed by atoms with Crippen LogP contribution in [0.3, 0.4) is 0 Å². The fraction of sp³-hybridized carbons (Fsp3) is 0.500. The fourth-order valence-corrected chi connectivity index (χ4v) is 3.81. The summed E-state index contributed by atoms with van der Waals surface area (Å²) in [6.07, 6.45) is 3.85. The number of aromatic amines is 1. The molecule has 0 saturated heterocycles. The minimum Gasteiger partial charge on any atom is -0.331 e. The van der Waals surface area contributed by atoms with Gasteiger partial charge < -0.3 is 9.55 Å². The van der Waals surface area contributed by atoms with E-state index in [2.05, 4.69) is 16.5 Å². The zero-order valence-corrected chi connectivity index (χ0v) is 13.7. The minimum atomic E-state index is -0.171. The molecule has 1 saturated carbocycles. The molecule has 0 amide bonds. The lowest BCUT2D eigenvalue weighted by Crippen LogP contribution is -2.13. The van der Waals surface area contributed by atoms with Crippen molar-refractivity contribution in [1.82, 2.24) is 9.55 Å². The highest BCUT2D eigenvalue weighted by molar-refractivity contribution is 14.1. The molecular weight excluding hydrogens is 374 g/mol. The number of rotatable bonds is 2. The van der Waals surface area contributed by atoms with Gasteiger partial charge in [0.15, 0.2) is 4.77 Å². The summed E-state index contributed by atoms with van der Waals surface area (Å²) in [4.78, 5) is 3.19. The predicted octanol–water partition coefficient (Wildman–Crippen LogP) is 4.88. The summed E-state index contributed by atoms with van der Waals surface area (Å²) in [5.74, 6) is 1.23. The molecule has 1 aromatic heterocycles. The van der Waals surface area contributed by atoms with Crippen LogP contribution in [0.4, 0.5) is 4.39 Å². The van der Waals surface area contributed by atoms with Crippen LogP contribution in [0.25, 0.3) is 11.0 Å². The van der Waals surface area contributed by atoms with E-state index in [1.54, 1.807) is 6.07 Å². The van der Waals surface area contributed by atoms with Gasteiger partial charge in [-0.05, 0) is 59.1 Å². The summed E-state index contributed by atoms with van der Waals surface area (Å²) in [5.41, 5.74) is 1.82. The van der Waals surface area contributed by atoms with Gasteiger partial charge in [0.2, 0.25) is 0 Å². The third kappa shape index (κ3) is 2.46. The maximum Gasteiger partial charge on any atom is 0.178 e. The zero-order valence-electron chi connectivity index (χ0n) is 10.7. The van der Waals surface area contributed by atoms with E-state index in [-0.39, 0.29) is 5.82 Å². The molecule has 0 aliphatic heterocycles. The summed E-state index contributed by atoms with van der Waals surface area (Å²) in [6.45, 7) is 3.21. The van der Waals surface area contributed by atoms with Crippen molar-refractivity contribution in [3.05, 3.63) is 26.3 Å². The Balaban J connectivity index is 2.05. The summed E-state index contributed by atoms with van der Waals surface area (Å²) in [7, 11) is 0. The van der Waals surface area contributed by atoms with Gasteiger partial charge in [-0.15, -0.1) is 0 Å². The summed E-state index contributed by atoms with van der Waals surface area (Å²) in [6, 6.07) is 3.43. The SMILES string of the molecule is CC1CCCC1Cn1c(=S)[nH]c2cc(I)c(F)cc21. The molecule has 0 radical (unpaired) electrons. The van der Waals surface area contributed by atoms with E-state index in [9.17, 15) is 4.39 Å². The van der Waals surface area contributed by atoms with E-state index in [1.165, 1.54) is 19.3 Å². The van der Waals surface area contributed by atoms with Crippen molar-refractivity contribution in [2.75, 3.05) is 0 Å². The second kappa shape index (κ2) is 5.16. The normalized spacial score (nSPS) is 23.3. The van der Waals surface area contributed by atoms with Crippen LogP contribution < -0.4 is 0 Å². The Labute approximate surface area is 130 Å². The molecule has 1 heterocycles. The number of halogens is 2. The van der Waals surface area contributed by atoms with Crippen LogP contribution in [0.5, 0.6) is 0 Å². The summed E-state index contributed by atoms with van der Waals surface area (Å²) >= 11 is 7.40. The van der Waals surface area contributed by atoms with Gasteiger partial charge in [-0.2, -0.15) is 0 Å². The summed E-state index contributed by atoms with van der Waals surface area (Å²) in [5, 5.41) is 0. The molecule has 2 nitrogen and oxygen atoms in total. The minimum absolute atomic E-state index is 0.171. The van der Waals surface area contributed by atoms with Crippen molar-refractivity contribution < 1.29 is 4.39 Å². The maximum absolute atomic E-state index is 13.8. The molecule has 1 N–H and O–H groups in total. The number of hydrogen-bond donors (Lipinski definition) is 1. The van der Waals surface area contributed by atoms with Crippen LogP contribution >= 0.6 is 34.8 Å². The smallest absolute Gasteiger partial charge is 0.178 e. The van der Waals surface area contributed by atoms with E-state index in [0.29, 0.717) is 14.3 Å². The van der Waals surface area contributed by atoms with E-state index in [4.69, 9.17) is 12.2 Å². The van der Waals surface area contributed by atoms with E-state index in [0.717, 1.165) is 23.5 Å². The molecular formula is C14H16FIN2S. The third-order valence-electron chi connectivity index (χ3n) is 4.27. The van der Waals surface area contributed by atoms with Crippen molar-refractivity contribution in [3.8, 4) is 0 Å². The molecule has 1 aromatic carbocycles. The van der Waals surface area contributed by atoms with Crippen molar-refractivity contribution in [1.29, 1.82) is 0 Å². The van der Waals surface area contributed by atoms with Crippen molar-refractivity contribution in [2.45, 2.75) is 32.7 Å². The third-order valence-corrected chi connectivity index (χ3v) is 5.42. The molecule has 2 atom stereocenters. The number of hydrogen-bond acceptors (Lipinski definition) is 1. The Bertz CT molecular complexity index is 676. The first kappa shape index (κ1) is 13.5. The highest BCUT2D eigenvalue weighted by Crippen LogP contribution is 2.33. The van der Waals surface area contributed by atoms with Gasteiger partial charge in [-0.25, -0.2) is 4.39 Å². The van der Waals surface area contributed by atoms with Gasteiger partial charge >= 0.3 is 0 Å². The van der Waals surface area contributed by atoms with Crippen LogP contribution in [0.2, 0.25) is 0 Å². The number of aromatic nitrogens is 2. The Morgan fingerprint density at radius 1 is 1.47 bits per heavy atom. The summed E-state index contributed by atoms with van der Waals surface area (Å²) < 4.78 is 17.2. The highest BCUT2D eigenvalue weighted by atomic mass is 127. The first-order valence-electron chi connectivity index (χ1n) is 6.64. The second-order valence-electron chi connectivity index (χ2n) is 5.49. The number of nitrogens with one attached hydrogen (secondary N) is 1. The van der Waals surface area contributed by atoms with Crippen LogP contribution in [-0.4, -0.2) is 9.55 Å². The Morgan fingerprint density at radius 3 is 2.95 bits per heavy atom. The molecule has 1 aliphatic rings. The molecule has 0 bridgehead atoms. The molecule has 19 heavy (non-hydrogen) atoms. The molecule has 1 aliphatic carbocycles. The molecule has 102 valence electrons. The van der Waals surface area contributed by atoms with Gasteiger partial charge in [-0.1, -0.05) is 19.8 Å². The average molecular weight is 390 g/mol. The lowest BCUT2D eigenvalue weighted by Gasteiger charge is -2.16.